The highest BCUT2D eigenvalue weighted by molar-refractivity contribution is 5.95. The monoisotopic (exact) mass is 396 g/mol. The van der Waals surface area contributed by atoms with Gasteiger partial charge in [0.2, 0.25) is 5.78 Å². The van der Waals surface area contributed by atoms with E-state index in [-0.39, 0.29) is 22.8 Å². The Bertz CT molecular complexity index is 882. The average Bonchev–Trinajstić information content (AvgIpc) is 3.20. The van der Waals surface area contributed by atoms with Gasteiger partial charge in [-0.25, -0.2) is 9.13 Å². The summed E-state index contributed by atoms with van der Waals surface area (Å²) < 4.78 is 4.50. The first-order valence-electron chi connectivity index (χ1n) is 8.49. The molecule has 128 valence electrons. The quantitative estimate of drug-likeness (QED) is 0.468. The van der Waals surface area contributed by atoms with E-state index in [4.69, 9.17) is 0 Å². The molecule has 0 unspecified atom stereocenters. The first-order chi connectivity index (χ1) is 11.7. The number of hydrogen-bond donors (Lipinski definition) is 0. The molecule has 3 aromatic rings. The summed E-state index contributed by atoms with van der Waals surface area (Å²) in [6.45, 7) is 3.48. The van der Waals surface area contributed by atoms with Gasteiger partial charge in [-0.1, -0.05) is 60.2 Å². The number of fused-ring (bicyclic) bond motifs is 1. The van der Waals surface area contributed by atoms with Crippen LogP contribution in [0.15, 0.2) is 60.8 Å². The molecule has 4 rings (SSSR count). The molecule has 0 N–H and O–H groups in total. The number of Topliss-reactive ketones (excluding diaryl/α,β-unsaturated/α-hetero) is 1. The summed E-state index contributed by atoms with van der Waals surface area (Å²) in [5.41, 5.74) is 4.38. The molecule has 25 heavy (non-hydrogen) atoms. The van der Waals surface area contributed by atoms with Crippen molar-refractivity contribution in [2.24, 2.45) is 0 Å². The molecule has 1 aliphatic heterocycles. The van der Waals surface area contributed by atoms with E-state index < -0.39 is 0 Å². The lowest BCUT2D eigenvalue weighted by Crippen LogP contribution is -3.00. The van der Waals surface area contributed by atoms with Crippen LogP contribution in [0.3, 0.4) is 0 Å². The molecule has 0 saturated carbocycles. The van der Waals surface area contributed by atoms with E-state index in [9.17, 15) is 4.79 Å². The minimum Gasteiger partial charge on any atom is -1.00 e. The molecule has 1 aliphatic rings. The Balaban J connectivity index is 0.00000182. The highest BCUT2D eigenvalue weighted by Crippen LogP contribution is 2.24. The van der Waals surface area contributed by atoms with E-state index in [1.807, 2.05) is 37.3 Å². The Morgan fingerprint density at radius 3 is 2.52 bits per heavy atom. The first kappa shape index (κ1) is 17.6. The minimum absolute atomic E-state index is 0. The zero-order chi connectivity index (χ0) is 16.5. The summed E-state index contributed by atoms with van der Waals surface area (Å²) in [5, 5.41) is 0. The van der Waals surface area contributed by atoms with Crippen LogP contribution in [0.25, 0.3) is 11.3 Å². The summed E-state index contributed by atoms with van der Waals surface area (Å²) in [6.07, 6.45) is 4.32. The molecule has 3 nitrogen and oxygen atoms in total. The van der Waals surface area contributed by atoms with Gasteiger partial charge in [0.05, 0.1) is 13.0 Å². The summed E-state index contributed by atoms with van der Waals surface area (Å²) in [4.78, 5) is 12.6. The molecular weight excluding hydrogens is 376 g/mol. The number of rotatable bonds is 4. The van der Waals surface area contributed by atoms with Crippen molar-refractivity contribution in [2.45, 2.75) is 32.9 Å². The van der Waals surface area contributed by atoms with Gasteiger partial charge in [0.15, 0.2) is 12.2 Å². The van der Waals surface area contributed by atoms with Crippen LogP contribution >= 0.6 is 0 Å². The molecule has 2 aromatic carbocycles. The van der Waals surface area contributed by atoms with Crippen LogP contribution in [0.5, 0.6) is 0 Å². The highest BCUT2D eigenvalue weighted by atomic mass is 79.9. The van der Waals surface area contributed by atoms with Crippen LogP contribution in [0.2, 0.25) is 0 Å². The molecule has 1 aromatic heterocycles. The highest BCUT2D eigenvalue weighted by Gasteiger charge is 2.29. The smallest absolute Gasteiger partial charge is 0.257 e. The predicted molar refractivity (Wildman–Crippen MR) is 93.9 cm³/mol. The Kier molecular flexibility index (Phi) is 5.19. The van der Waals surface area contributed by atoms with Crippen molar-refractivity contribution in [2.75, 3.05) is 0 Å². The predicted octanol–water partition coefficient (Wildman–Crippen LogP) is 0.584. The Hall–Kier alpha value is -2.20. The summed E-state index contributed by atoms with van der Waals surface area (Å²) >= 11 is 0. The summed E-state index contributed by atoms with van der Waals surface area (Å²) in [5.74, 6) is 1.43. The van der Waals surface area contributed by atoms with Gasteiger partial charge < -0.3 is 17.0 Å². The number of halogens is 1. The van der Waals surface area contributed by atoms with Crippen molar-refractivity contribution < 1.29 is 26.3 Å². The zero-order valence-electron chi connectivity index (χ0n) is 14.3. The maximum atomic E-state index is 12.6. The maximum absolute atomic E-state index is 12.6. The molecule has 0 fully saturated rings. The van der Waals surface area contributed by atoms with Gasteiger partial charge in [0, 0.05) is 11.1 Å². The maximum Gasteiger partial charge on any atom is 0.257 e. The number of hydrogen-bond acceptors (Lipinski definition) is 1. The first-order valence-corrected chi connectivity index (χ1v) is 8.49. The van der Waals surface area contributed by atoms with Gasteiger partial charge in [-0.05, 0) is 13.3 Å². The third kappa shape index (κ3) is 3.45. The molecule has 4 heteroatoms. The van der Waals surface area contributed by atoms with E-state index in [1.54, 1.807) is 0 Å². The zero-order valence-corrected chi connectivity index (χ0v) is 15.9. The van der Waals surface area contributed by atoms with Crippen molar-refractivity contribution in [1.29, 1.82) is 0 Å². The normalized spacial score (nSPS) is 12.5. The van der Waals surface area contributed by atoms with Crippen LogP contribution in [0, 0.1) is 6.92 Å². The van der Waals surface area contributed by atoms with Crippen LogP contribution in [-0.4, -0.2) is 10.4 Å². The second-order valence-corrected chi connectivity index (χ2v) is 6.47. The van der Waals surface area contributed by atoms with Crippen LogP contribution in [-0.2, 0) is 19.5 Å². The van der Waals surface area contributed by atoms with E-state index in [1.165, 1.54) is 22.6 Å². The standard InChI is InChI=1S/C21H21N2O.BrH/c1-16-9-11-18(12-10-16)20(24)15-22-14-19(17-6-3-2-4-7-17)23-13-5-8-21(22)23;/h2-4,6-7,9-12,14H,5,8,13,15H2,1H3;1H/q+1;/p-1. The van der Waals surface area contributed by atoms with Crippen LogP contribution in [0.4, 0.5) is 0 Å². The third-order valence-corrected chi connectivity index (χ3v) is 4.75. The second-order valence-electron chi connectivity index (χ2n) is 6.47. The number of carbonyl (C=O) groups excluding carboxylic acids is 1. The van der Waals surface area contributed by atoms with Gasteiger partial charge in [-0.3, -0.25) is 4.79 Å². The lowest BCUT2D eigenvalue weighted by Gasteiger charge is -2.01. The SMILES string of the molecule is Cc1ccc(C(=O)C[n+]2cc(-c3ccccc3)n3c2CCC3)cc1.[Br-]. The van der Waals surface area contributed by atoms with Gasteiger partial charge in [0.1, 0.15) is 6.20 Å². The van der Waals surface area contributed by atoms with Gasteiger partial charge in [-0.15, -0.1) is 0 Å². The summed E-state index contributed by atoms with van der Waals surface area (Å²) in [6, 6.07) is 18.3. The van der Waals surface area contributed by atoms with Crippen molar-refractivity contribution in [3.63, 3.8) is 0 Å². The molecular formula is C21H21BrN2O. The molecule has 0 amide bonds. The van der Waals surface area contributed by atoms with E-state index in [0.29, 0.717) is 6.54 Å². The van der Waals surface area contributed by atoms with Crippen LogP contribution < -0.4 is 21.5 Å². The van der Waals surface area contributed by atoms with Gasteiger partial charge in [0.25, 0.3) is 5.82 Å². The second kappa shape index (κ2) is 7.36. The van der Waals surface area contributed by atoms with Crippen LogP contribution in [0.1, 0.15) is 28.2 Å². The molecule has 0 radical (unpaired) electrons. The van der Waals surface area contributed by atoms with E-state index in [0.717, 1.165) is 24.9 Å². The van der Waals surface area contributed by atoms with Crippen molar-refractivity contribution >= 4 is 5.78 Å². The fourth-order valence-electron chi connectivity index (χ4n) is 3.47. The number of nitrogens with zero attached hydrogens (tertiary/aromatic N) is 2. The van der Waals surface area contributed by atoms with Crippen molar-refractivity contribution in [3.8, 4) is 11.3 Å². The number of ketones is 1. The number of benzene rings is 2. The minimum atomic E-state index is 0. The van der Waals surface area contributed by atoms with Gasteiger partial charge >= 0.3 is 0 Å². The molecule has 0 bridgehead atoms. The van der Waals surface area contributed by atoms with Gasteiger partial charge in [-0.2, -0.15) is 0 Å². The molecule has 0 aliphatic carbocycles. The topological polar surface area (TPSA) is 25.9 Å². The Morgan fingerprint density at radius 2 is 1.80 bits per heavy atom. The third-order valence-electron chi connectivity index (χ3n) is 4.75. The average molecular weight is 397 g/mol. The molecule has 0 saturated heterocycles. The Labute approximate surface area is 158 Å². The largest absolute Gasteiger partial charge is 1.00 e. The number of aryl methyl sites for hydroxylation is 1. The summed E-state index contributed by atoms with van der Waals surface area (Å²) in [7, 11) is 0. The van der Waals surface area contributed by atoms with E-state index >= 15 is 0 Å². The molecule has 2 heterocycles. The number of imidazole rings is 1. The number of carbonyl (C=O) groups is 1. The van der Waals surface area contributed by atoms with Crippen molar-refractivity contribution in [3.05, 3.63) is 77.7 Å². The lowest BCUT2D eigenvalue weighted by atomic mass is 10.1. The van der Waals surface area contributed by atoms with E-state index in [2.05, 4.69) is 39.6 Å². The van der Waals surface area contributed by atoms with Crippen molar-refractivity contribution in [1.82, 2.24) is 4.57 Å². The number of aromatic nitrogens is 2. The molecule has 0 atom stereocenters. The fraction of sp³-hybridized carbons (Fsp3) is 0.238. The molecule has 0 spiro atoms. The lowest BCUT2D eigenvalue weighted by molar-refractivity contribution is -0.689. The Morgan fingerprint density at radius 1 is 1.08 bits per heavy atom. The fourth-order valence-corrected chi connectivity index (χ4v) is 3.47.